The van der Waals surface area contributed by atoms with Gasteiger partial charge < -0.3 is 10.4 Å². The molecule has 2 N–H and O–H groups in total. The fraction of sp³-hybridized carbons (Fsp3) is 0.421. The van der Waals surface area contributed by atoms with Gasteiger partial charge in [-0.3, -0.25) is 14.3 Å². The van der Waals surface area contributed by atoms with E-state index in [9.17, 15) is 14.7 Å². The van der Waals surface area contributed by atoms with Crippen LogP contribution in [0, 0.1) is 13.8 Å². The van der Waals surface area contributed by atoms with Gasteiger partial charge in [-0.1, -0.05) is 17.7 Å². The molecule has 0 radical (unpaired) electrons. The van der Waals surface area contributed by atoms with Crippen LogP contribution >= 0.6 is 0 Å². The zero-order chi connectivity index (χ0) is 18.6. The number of rotatable bonds is 7. The molecule has 1 aromatic carbocycles. The summed E-state index contributed by atoms with van der Waals surface area (Å²) in [6.45, 7) is 5.50. The van der Waals surface area contributed by atoms with Crippen molar-refractivity contribution in [2.24, 2.45) is 7.05 Å². The number of aryl methyl sites for hydroxylation is 3. The first-order valence-corrected chi connectivity index (χ1v) is 8.28. The van der Waals surface area contributed by atoms with Gasteiger partial charge in [0.1, 0.15) is 5.60 Å². The molecule has 134 valence electrons. The molecule has 0 spiro atoms. The Hall–Kier alpha value is -2.47. The summed E-state index contributed by atoms with van der Waals surface area (Å²) in [4.78, 5) is 24.3. The molecule has 1 aromatic heterocycles. The second-order valence-electron chi connectivity index (χ2n) is 6.69. The Morgan fingerprint density at radius 2 is 2.00 bits per heavy atom. The molecule has 0 saturated heterocycles. The highest BCUT2D eigenvalue weighted by molar-refractivity contribution is 5.99. The standard InChI is InChI=1S/C19H25N3O3/c1-13-5-6-14(2)16(9-13)17(23)7-8-18(24)20-12-19(3,25)15-10-21-22(4)11-15/h5-6,9-11,25H,7-8,12H2,1-4H3,(H,20,24). The average molecular weight is 343 g/mol. The quantitative estimate of drug-likeness (QED) is 0.754. The minimum Gasteiger partial charge on any atom is -0.383 e. The van der Waals surface area contributed by atoms with Gasteiger partial charge in [-0.05, 0) is 32.4 Å². The Morgan fingerprint density at radius 1 is 1.28 bits per heavy atom. The van der Waals surface area contributed by atoms with Crippen molar-refractivity contribution in [1.82, 2.24) is 15.1 Å². The van der Waals surface area contributed by atoms with Crippen LogP contribution in [-0.4, -0.2) is 33.1 Å². The summed E-state index contributed by atoms with van der Waals surface area (Å²) in [5.74, 6) is -0.307. The number of aliphatic hydroxyl groups is 1. The van der Waals surface area contributed by atoms with Crippen LogP contribution in [0.3, 0.4) is 0 Å². The number of nitrogens with one attached hydrogen (secondary N) is 1. The van der Waals surface area contributed by atoms with Crippen molar-refractivity contribution in [2.75, 3.05) is 6.54 Å². The summed E-state index contributed by atoms with van der Waals surface area (Å²) >= 11 is 0. The van der Waals surface area contributed by atoms with Gasteiger partial charge in [0.2, 0.25) is 5.91 Å². The number of ketones is 1. The zero-order valence-corrected chi connectivity index (χ0v) is 15.2. The van der Waals surface area contributed by atoms with Crippen LogP contribution in [0.5, 0.6) is 0 Å². The van der Waals surface area contributed by atoms with Gasteiger partial charge in [0.05, 0.1) is 12.7 Å². The highest BCUT2D eigenvalue weighted by Gasteiger charge is 2.25. The molecular weight excluding hydrogens is 318 g/mol. The molecule has 1 amide bonds. The lowest BCUT2D eigenvalue weighted by atomic mass is 9.98. The first-order valence-electron chi connectivity index (χ1n) is 8.28. The van der Waals surface area contributed by atoms with Gasteiger partial charge in [0.15, 0.2) is 5.78 Å². The summed E-state index contributed by atoms with van der Waals surface area (Å²) in [6.07, 6.45) is 3.51. The van der Waals surface area contributed by atoms with E-state index in [0.29, 0.717) is 11.1 Å². The Labute approximate surface area is 147 Å². The first kappa shape index (κ1) is 18.9. The van der Waals surface area contributed by atoms with Crippen molar-refractivity contribution in [2.45, 2.75) is 39.2 Å². The molecule has 0 aliphatic heterocycles. The van der Waals surface area contributed by atoms with Gasteiger partial charge in [-0.25, -0.2) is 0 Å². The molecule has 1 heterocycles. The van der Waals surface area contributed by atoms with Gasteiger partial charge in [0, 0.05) is 37.2 Å². The molecule has 0 aliphatic carbocycles. The van der Waals surface area contributed by atoms with Gasteiger partial charge in [0.25, 0.3) is 0 Å². The summed E-state index contributed by atoms with van der Waals surface area (Å²) in [5.41, 5.74) is 2.01. The number of hydrogen-bond donors (Lipinski definition) is 2. The third-order valence-corrected chi connectivity index (χ3v) is 4.23. The van der Waals surface area contributed by atoms with E-state index >= 15 is 0 Å². The Balaban J connectivity index is 1.86. The van der Waals surface area contributed by atoms with E-state index in [1.54, 1.807) is 31.0 Å². The molecule has 0 saturated carbocycles. The Kier molecular flexibility index (Phi) is 5.74. The summed E-state index contributed by atoms with van der Waals surface area (Å²) in [6, 6.07) is 5.72. The maximum Gasteiger partial charge on any atom is 0.220 e. The summed E-state index contributed by atoms with van der Waals surface area (Å²) in [5, 5.41) is 17.1. The summed E-state index contributed by atoms with van der Waals surface area (Å²) in [7, 11) is 1.76. The lowest BCUT2D eigenvalue weighted by Gasteiger charge is -2.22. The van der Waals surface area contributed by atoms with E-state index in [2.05, 4.69) is 10.4 Å². The first-order chi connectivity index (χ1) is 11.7. The Bertz CT molecular complexity index is 778. The van der Waals surface area contributed by atoms with E-state index in [-0.39, 0.29) is 31.1 Å². The van der Waals surface area contributed by atoms with Crippen molar-refractivity contribution < 1.29 is 14.7 Å². The molecule has 6 heteroatoms. The summed E-state index contributed by atoms with van der Waals surface area (Å²) < 4.78 is 1.59. The van der Waals surface area contributed by atoms with Crippen LogP contribution in [-0.2, 0) is 17.4 Å². The normalized spacial score (nSPS) is 13.3. The zero-order valence-electron chi connectivity index (χ0n) is 15.2. The number of aromatic nitrogens is 2. The molecule has 2 aromatic rings. The highest BCUT2D eigenvalue weighted by atomic mass is 16.3. The molecule has 25 heavy (non-hydrogen) atoms. The predicted octanol–water partition coefficient (Wildman–Crippen LogP) is 2.02. The monoisotopic (exact) mass is 343 g/mol. The minimum absolute atomic E-state index is 0.0460. The third-order valence-electron chi connectivity index (χ3n) is 4.23. The van der Waals surface area contributed by atoms with Crippen molar-refractivity contribution in [1.29, 1.82) is 0 Å². The molecule has 0 aliphatic rings. The van der Waals surface area contributed by atoms with Crippen LogP contribution in [0.4, 0.5) is 0 Å². The van der Waals surface area contributed by atoms with Gasteiger partial charge in [-0.15, -0.1) is 0 Å². The topological polar surface area (TPSA) is 84.2 Å². The smallest absolute Gasteiger partial charge is 0.220 e. The van der Waals surface area contributed by atoms with Crippen LogP contribution in [0.25, 0.3) is 0 Å². The largest absolute Gasteiger partial charge is 0.383 e. The van der Waals surface area contributed by atoms with Crippen molar-refractivity contribution >= 4 is 11.7 Å². The fourth-order valence-electron chi connectivity index (χ4n) is 2.56. The molecule has 6 nitrogen and oxygen atoms in total. The predicted molar refractivity (Wildman–Crippen MR) is 95.3 cm³/mol. The average Bonchev–Trinajstić information content (AvgIpc) is 3.00. The van der Waals surface area contributed by atoms with Crippen molar-refractivity contribution in [3.05, 3.63) is 52.8 Å². The third kappa shape index (κ3) is 5.00. The maximum atomic E-state index is 12.3. The van der Waals surface area contributed by atoms with E-state index in [1.165, 1.54) is 0 Å². The lowest BCUT2D eigenvalue weighted by Crippen LogP contribution is -2.38. The highest BCUT2D eigenvalue weighted by Crippen LogP contribution is 2.18. The number of hydrogen-bond acceptors (Lipinski definition) is 4. The molecule has 1 atom stereocenters. The van der Waals surface area contributed by atoms with E-state index < -0.39 is 5.60 Å². The minimum atomic E-state index is -1.21. The Morgan fingerprint density at radius 3 is 2.64 bits per heavy atom. The number of Topliss-reactive ketones (excluding diaryl/α,β-unsaturated/α-hetero) is 1. The molecule has 1 unspecified atom stereocenters. The van der Waals surface area contributed by atoms with Crippen molar-refractivity contribution in [3.63, 3.8) is 0 Å². The van der Waals surface area contributed by atoms with Crippen LogP contribution in [0.2, 0.25) is 0 Å². The fourth-order valence-corrected chi connectivity index (χ4v) is 2.56. The molecule has 0 fully saturated rings. The SMILES string of the molecule is Cc1ccc(C)c(C(=O)CCC(=O)NCC(C)(O)c2cnn(C)c2)c1. The number of amides is 1. The number of carbonyl (C=O) groups is 2. The number of benzene rings is 1. The number of nitrogens with zero attached hydrogens (tertiary/aromatic N) is 2. The van der Waals surface area contributed by atoms with E-state index in [0.717, 1.165) is 11.1 Å². The second kappa shape index (κ2) is 7.61. The van der Waals surface area contributed by atoms with Crippen LogP contribution in [0.15, 0.2) is 30.6 Å². The van der Waals surface area contributed by atoms with Crippen LogP contribution in [0.1, 0.15) is 46.8 Å². The van der Waals surface area contributed by atoms with Crippen LogP contribution < -0.4 is 5.32 Å². The van der Waals surface area contributed by atoms with E-state index in [4.69, 9.17) is 0 Å². The van der Waals surface area contributed by atoms with Crippen molar-refractivity contribution in [3.8, 4) is 0 Å². The van der Waals surface area contributed by atoms with Gasteiger partial charge >= 0.3 is 0 Å². The maximum absolute atomic E-state index is 12.3. The second-order valence-corrected chi connectivity index (χ2v) is 6.69. The molecule has 0 bridgehead atoms. The number of carbonyl (C=O) groups excluding carboxylic acids is 2. The molecule has 2 rings (SSSR count). The molecular formula is C19H25N3O3. The van der Waals surface area contributed by atoms with E-state index in [1.807, 2.05) is 32.0 Å². The van der Waals surface area contributed by atoms with Gasteiger partial charge in [-0.2, -0.15) is 5.10 Å². The lowest BCUT2D eigenvalue weighted by molar-refractivity contribution is -0.122.